The van der Waals surface area contributed by atoms with Crippen molar-refractivity contribution in [1.29, 1.82) is 0 Å². The van der Waals surface area contributed by atoms with Crippen LogP contribution in [0.1, 0.15) is 34.6 Å². The van der Waals surface area contributed by atoms with E-state index in [1.807, 2.05) is 0 Å². The molecule has 0 aliphatic heterocycles. The molecule has 0 fully saturated rings. The molecule has 74 valence electrons. The van der Waals surface area contributed by atoms with E-state index in [1.165, 1.54) is 0 Å². The first-order valence-electron chi connectivity index (χ1n) is 4.72. The summed E-state index contributed by atoms with van der Waals surface area (Å²) in [5.41, 5.74) is 6.03. The summed E-state index contributed by atoms with van der Waals surface area (Å²) in [6.07, 6.45) is 0. The van der Waals surface area contributed by atoms with Crippen LogP contribution in [0.15, 0.2) is 0 Å². The van der Waals surface area contributed by atoms with Gasteiger partial charge in [0.15, 0.2) is 0 Å². The first-order valence-corrected chi connectivity index (χ1v) is 4.72. The van der Waals surface area contributed by atoms with Crippen molar-refractivity contribution < 1.29 is 0 Å². The van der Waals surface area contributed by atoms with Gasteiger partial charge in [-0.1, -0.05) is 20.8 Å². The van der Waals surface area contributed by atoms with Gasteiger partial charge in [0.05, 0.1) is 0 Å². The highest BCUT2D eigenvalue weighted by atomic mass is 15.2. The average Bonchev–Trinajstić information content (AvgIpc) is 1.85. The summed E-state index contributed by atoms with van der Waals surface area (Å²) in [6, 6.07) is 1.04. The second kappa shape index (κ2) is 4.24. The van der Waals surface area contributed by atoms with Gasteiger partial charge in [-0.05, 0) is 26.3 Å². The maximum absolute atomic E-state index is 5.76. The molecule has 0 radical (unpaired) electrons. The van der Waals surface area contributed by atoms with Gasteiger partial charge in [-0.2, -0.15) is 0 Å². The second-order valence-electron chi connectivity index (χ2n) is 4.88. The fourth-order valence-electron chi connectivity index (χ4n) is 1.49. The molecule has 0 aromatic carbocycles. The van der Waals surface area contributed by atoms with Gasteiger partial charge in [0, 0.05) is 18.6 Å². The van der Waals surface area contributed by atoms with Gasteiger partial charge in [-0.15, -0.1) is 0 Å². The lowest BCUT2D eigenvalue weighted by Crippen LogP contribution is -2.49. The molecule has 0 rings (SSSR count). The van der Waals surface area contributed by atoms with Crippen LogP contribution >= 0.6 is 0 Å². The van der Waals surface area contributed by atoms with Gasteiger partial charge in [0.1, 0.15) is 0 Å². The van der Waals surface area contributed by atoms with Crippen LogP contribution in [0.3, 0.4) is 0 Å². The molecule has 0 saturated carbocycles. The lowest BCUT2D eigenvalue weighted by Gasteiger charge is -2.39. The number of likely N-dealkylation sites (N-methyl/N-ethyl adjacent to an activating group) is 1. The SMILES string of the molecule is CC(C)N(C)C(CN)C(C)(C)C. The number of hydrogen-bond donors (Lipinski definition) is 1. The Morgan fingerprint density at radius 1 is 1.25 bits per heavy atom. The highest BCUT2D eigenvalue weighted by Crippen LogP contribution is 2.23. The standard InChI is InChI=1S/C10H24N2/c1-8(2)12(6)9(7-11)10(3,4)5/h8-9H,7,11H2,1-6H3. The van der Waals surface area contributed by atoms with Crippen LogP contribution in [0.25, 0.3) is 0 Å². The first kappa shape index (κ1) is 11.9. The largest absolute Gasteiger partial charge is 0.329 e. The highest BCUT2D eigenvalue weighted by molar-refractivity contribution is 4.83. The molecule has 1 unspecified atom stereocenters. The summed E-state index contributed by atoms with van der Waals surface area (Å²) in [5, 5.41) is 0. The van der Waals surface area contributed by atoms with Crippen LogP contribution in [0.5, 0.6) is 0 Å². The predicted octanol–water partition coefficient (Wildman–Crippen LogP) is 1.70. The zero-order valence-corrected chi connectivity index (χ0v) is 9.39. The van der Waals surface area contributed by atoms with E-state index in [-0.39, 0.29) is 5.41 Å². The molecule has 0 aliphatic rings. The lowest BCUT2D eigenvalue weighted by molar-refractivity contribution is 0.104. The fraction of sp³-hybridized carbons (Fsp3) is 1.00. The number of hydrogen-bond acceptors (Lipinski definition) is 2. The van der Waals surface area contributed by atoms with Crippen LogP contribution < -0.4 is 5.73 Å². The van der Waals surface area contributed by atoms with Crippen molar-refractivity contribution in [3.05, 3.63) is 0 Å². The van der Waals surface area contributed by atoms with Crippen molar-refractivity contribution in [3.8, 4) is 0 Å². The Bertz CT molecular complexity index is 124. The number of nitrogens with two attached hydrogens (primary N) is 1. The Kier molecular flexibility index (Phi) is 4.21. The molecule has 12 heavy (non-hydrogen) atoms. The van der Waals surface area contributed by atoms with Crippen LogP contribution in [-0.4, -0.2) is 30.6 Å². The fourth-order valence-corrected chi connectivity index (χ4v) is 1.49. The molecule has 0 aromatic heterocycles. The maximum atomic E-state index is 5.76. The third-order valence-electron chi connectivity index (χ3n) is 2.53. The molecule has 2 nitrogen and oxygen atoms in total. The monoisotopic (exact) mass is 172 g/mol. The molecule has 0 aromatic rings. The molecule has 0 saturated heterocycles. The number of rotatable bonds is 3. The molecule has 0 bridgehead atoms. The van der Waals surface area contributed by atoms with Gasteiger partial charge in [0.2, 0.25) is 0 Å². The first-order chi connectivity index (χ1) is 5.30. The van der Waals surface area contributed by atoms with E-state index in [0.717, 1.165) is 6.54 Å². The highest BCUT2D eigenvalue weighted by Gasteiger charge is 2.27. The van der Waals surface area contributed by atoms with Gasteiger partial charge in [-0.3, -0.25) is 4.90 Å². The van der Waals surface area contributed by atoms with E-state index in [4.69, 9.17) is 5.73 Å². The van der Waals surface area contributed by atoms with Gasteiger partial charge in [0.25, 0.3) is 0 Å². The number of nitrogens with zero attached hydrogens (tertiary/aromatic N) is 1. The topological polar surface area (TPSA) is 29.3 Å². The van der Waals surface area contributed by atoms with E-state index in [1.54, 1.807) is 0 Å². The van der Waals surface area contributed by atoms with Gasteiger partial charge >= 0.3 is 0 Å². The smallest absolute Gasteiger partial charge is 0.0266 e. The van der Waals surface area contributed by atoms with Gasteiger partial charge in [-0.25, -0.2) is 0 Å². The van der Waals surface area contributed by atoms with Crippen molar-refractivity contribution in [2.24, 2.45) is 11.1 Å². The lowest BCUT2D eigenvalue weighted by atomic mass is 9.85. The molecular weight excluding hydrogens is 148 g/mol. The van der Waals surface area contributed by atoms with Crippen molar-refractivity contribution in [2.45, 2.75) is 46.7 Å². The molecule has 2 N–H and O–H groups in total. The quantitative estimate of drug-likeness (QED) is 0.702. The van der Waals surface area contributed by atoms with Gasteiger partial charge < -0.3 is 5.73 Å². The minimum Gasteiger partial charge on any atom is -0.329 e. The molecule has 0 amide bonds. The van der Waals surface area contributed by atoms with Crippen LogP contribution in [0.4, 0.5) is 0 Å². The summed E-state index contributed by atoms with van der Waals surface area (Å²) in [7, 11) is 2.15. The Labute approximate surface area is 77.1 Å². The molecule has 0 aliphatic carbocycles. The molecule has 0 heterocycles. The molecular formula is C10H24N2. The van der Waals surface area contributed by atoms with E-state index in [0.29, 0.717) is 12.1 Å². The Morgan fingerprint density at radius 2 is 1.67 bits per heavy atom. The van der Waals surface area contributed by atoms with Crippen LogP contribution in [0.2, 0.25) is 0 Å². The second-order valence-corrected chi connectivity index (χ2v) is 4.88. The van der Waals surface area contributed by atoms with Crippen LogP contribution in [-0.2, 0) is 0 Å². The molecule has 2 heteroatoms. The van der Waals surface area contributed by atoms with Crippen LogP contribution in [0, 0.1) is 5.41 Å². The minimum absolute atomic E-state index is 0.272. The third kappa shape index (κ3) is 3.11. The Morgan fingerprint density at radius 3 is 1.75 bits per heavy atom. The van der Waals surface area contributed by atoms with E-state index >= 15 is 0 Å². The predicted molar refractivity (Wildman–Crippen MR) is 55.2 cm³/mol. The van der Waals surface area contributed by atoms with E-state index < -0.39 is 0 Å². The zero-order valence-electron chi connectivity index (χ0n) is 9.39. The summed E-state index contributed by atoms with van der Waals surface area (Å²) in [5.74, 6) is 0. The van der Waals surface area contributed by atoms with E-state index in [2.05, 4.69) is 46.6 Å². The zero-order chi connectivity index (χ0) is 9.94. The minimum atomic E-state index is 0.272. The van der Waals surface area contributed by atoms with Crippen molar-refractivity contribution in [3.63, 3.8) is 0 Å². The van der Waals surface area contributed by atoms with Crippen molar-refractivity contribution >= 4 is 0 Å². The molecule has 0 spiro atoms. The van der Waals surface area contributed by atoms with Crippen molar-refractivity contribution in [2.75, 3.05) is 13.6 Å². The summed E-state index contributed by atoms with van der Waals surface area (Å²) >= 11 is 0. The summed E-state index contributed by atoms with van der Waals surface area (Å²) in [4.78, 5) is 2.35. The Hall–Kier alpha value is -0.0800. The average molecular weight is 172 g/mol. The van der Waals surface area contributed by atoms with E-state index in [9.17, 15) is 0 Å². The van der Waals surface area contributed by atoms with Crippen molar-refractivity contribution in [1.82, 2.24) is 4.90 Å². The Balaban J connectivity index is 4.35. The molecule has 1 atom stereocenters. The maximum Gasteiger partial charge on any atom is 0.0266 e. The third-order valence-corrected chi connectivity index (χ3v) is 2.53. The normalized spacial score (nSPS) is 15.8. The summed E-state index contributed by atoms with van der Waals surface area (Å²) in [6.45, 7) is 11.9. The summed E-state index contributed by atoms with van der Waals surface area (Å²) < 4.78 is 0.